The van der Waals surface area contributed by atoms with Crippen molar-refractivity contribution in [2.75, 3.05) is 12.1 Å². The van der Waals surface area contributed by atoms with E-state index in [1.807, 2.05) is 38.1 Å². The summed E-state index contributed by atoms with van der Waals surface area (Å²) in [5, 5.41) is 4.29. The highest BCUT2D eigenvalue weighted by Gasteiger charge is 2.14. The zero-order chi connectivity index (χ0) is 14.4. The summed E-state index contributed by atoms with van der Waals surface area (Å²) >= 11 is 0. The standard InChI is InChI=1S/C15H14N4O2/c1-8-5-11-14(16-8)17-9(2)18-15(11)19-10-3-4-12-13(6-10)21-7-20-12/h3-6H,7H2,1-2H3,(H2,16,17,18,19). The van der Waals surface area contributed by atoms with Crippen LogP contribution in [0, 0.1) is 13.8 Å². The van der Waals surface area contributed by atoms with Crippen LogP contribution in [0.4, 0.5) is 11.5 Å². The number of fused-ring (bicyclic) bond motifs is 2. The van der Waals surface area contributed by atoms with Crippen molar-refractivity contribution in [1.82, 2.24) is 15.0 Å². The van der Waals surface area contributed by atoms with Gasteiger partial charge >= 0.3 is 0 Å². The van der Waals surface area contributed by atoms with Crippen molar-refractivity contribution in [2.45, 2.75) is 13.8 Å². The molecule has 0 fully saturated rings. The van der Waals surface area contributed by atoms with Crippen LogP contribution in [-0.2, 0) is 0 Å². The third-order valence-corrected chi connectivity index (χ3v) is 3.37. The number of aromatic amines is 1. The first-order valence-corrected chi connectivity index (χ1v) is 6.70. The van der Waals surface area contributed by atoms with Gasteiger partial charge in [0.05, 0.1) is 5.39 Å². The Kier molecular flexibility index (Phi) is 2.50. The largest absolute Gasteiger partial charge is 0.454 e. The van der Waals surface area contributed by atoms with E-state index in [-0.39, 0.29) is 6.79 Å². The van der Waals surface area contributed by atoms with E-state index in [1.54, 1.807) is 0 Å². The molecule has 2 aromatic heterocycles. The van der Waals surface area contributed by atoms with Crippen LogP contribution in [0.25, 0.3) is 11.0 Å². The zero-order valence-corrected chi connectivity index (χ0v) is 11.7. The smallest absolute Gasteiger partial charge is 0.231 e. The van der Waals surface area contributed by atoms with Gasteiger partial charge in [-0.2, -0.15) is 0 Å². The molecule has 0 unspecified atom stereocenters. The van der Waals surface area contributed by atoms with E-state index >= 15 is 0 Å². The second kappa shape index (κ2) is 4.37. The number of rotatable bonds is 2. The zero-order valence-electron chi connectivity index (χ0n) is 11.7. The Morgan fingerprint density at radius 2 is 1.95 bits per heavy atom. The Bertz CT molecular complexity index is 841. The maximum absolute atomic E-state index is 5.39. The maximum Gasteiger partial charge on any atom is 0.231 e. The predicted octanol–water partition coefficient (Wildman–Crippen LogP) is 3.05. The van der Waals surface area contributed by atoms with E-state index in [0.717, 1.165) is 39.7 Å². The lowest BCUT2D eigenvalue weighted by atomic mass is 10.2. The fraction of sp³-hybridized carbons (Fsp3) is 0.200. The number of ether oxygens (including phenoxy) is 2. The highest BCUT2D eigenvalue weighted by Crippen LogP contribution is 2.35. The number of benzene rings is 1. The Morgan fingerprint density at radius 1 is 1.10 bits per heavy atom. The first-order chi connectivity index (χ1) is 10.2. The quantitative estimate of drug-likeness (QED) is 0.756. The molecule has 21 heavy (non-hydrogen) atoms. The number of nitrogens with zero attached hydrogens (tertiary/aromatic N) is 2. The van der Waals surface area contributed by atoms with Gasteiger partial charge < -0.3 is 19.8 Å². The molecule has 6 heteroatoms. The van der Waals surface area contributed by atoms with Crippen molar-refractivity contribution in [3.05, 3.63) is 35.8 Å². The van der Waals surface area contributed by atoms with Gasteiger partial charge in [-0.1, -0.05) is 0 Å². The van der Waals surface area contributed by atoms with Crippen molar-refractivity contribution >= 4 is 22.5 Å². The van der Waals surface area contributed by atoms with Crippen LogP contribution in [-0.4, -0.2) is 21.7 Å². The summed E-state index contributed by atoms with van der Waals surface area (Å²) in [5.74, 6) is 3.00. The minimum atomic E-state index is 0.270. The molecule has 3 heterocycles. The van der Waals surface area contributed by atoms with Crippen LogP contribution in [0.15, 0.2) is 24.3 Å². The number of anilines is 2. The number of aromatic nitrogens is 3. The third kappa shape index (κ3) is 2.05. The second-order valence-electron chi connectivity index (χ2n) is 5.03. The average Bonchev–Trinajstić information content (AvgIpc) is 3.03. The lowest BCUT2D eigenvalue weighted by molar-refractivity contribution is 0.174. The molecule has 2 N–H and O–H groups in total. The molecule has 0 amide bonds. The Morgan fingerprint density at radius 3 is 2.86 bits per heavy atom. The highest BCUT2D eigenvalue weighted by molar-refractivity contribution is 5.89. The van der Waals surface area contributed by atoms with E-state index in [0.29, 0.717) is 5.82 Å². The van der Waals surface area contributed by atoms with Gasteiger partial charge in [0.15, 0.2) is 11.5 Å². The van der Waals surface area contributed by atoms with Gasteiger partial charge in [-0.15, -0.1) is 0 Å². The van der Waals surface area contributed by atoms with Gasteiger partial charge in [0.2, 0.25) is 6.79 Å². The number of H-pyrrole nitrogens is 1. The monoisotopic (exact) mass is 282 g/mol. The first kappa shape index (κ1) is 12.0. The molecule has 0 atom stereocenters. The van der Waals surface area contributed by atoms with Crippen molar-refractivity contribution in [2.24, 2.45) is 0 Å². The van der Waals surface area contributed by atoms with Crippen LogP contribution in [0.5, 0.6) is 11.5 Å². The van der Waals surface area contributed by atoms with Crippen molar-refractivity contribution in [3.8, 4) is 11.5 Å². The molecule has 0 saturated carbocycles. The lowest BCUT2D eigenvalue weighted by Crippen LogP contribution is -1.98. The van der Waals surface area contributed by atoms with Crippen molar-refractivity contribution in [3.63, 3.8) is 0 Å². The van der Waals surface area contributed by atoms with Crippen LogP contribution in [0.1, 0.15) is 11.5 Å². The fourth-order valence-corrected chi connectivity index (χ4v) is 2.46. The van der Waals surface area contributed by atoms with Crippen LogP contribution in [0.2, 0.25) is 0 Å². The second-order valence-corrected chi connectivity index (χ2v) is 5.03. The van der Waals surface area contributed by atoms with E-state index in [9.17, 15) is 0 Å². The number of hydrogen-bond acceptors (Lipinski definition) is 5. The summed E-state index contributed by atoms with van der Waals surface area (Å²) in [4.78, 5) is 12.1. The van der Waals surface area contributed by atoms with E-state index < -0.39 is 0 Å². The van der Waals surface area contributed by atoms with Gasteiger partial charge in [0.1, 0.15) is 17.3 Å². The molecular formula is C15H14N4O2. The fourth-order valence-electron chi connectivity index (χ4n) is 2.46. The molecule has 0 radical (unpaired) electrons. The van der Waals surface area contributed by atoms with Gasteiger partial charge in [0, 0.05) is 17.4 Å². The topological polar surface area (TPSA) is 72.1 Å². The molecule has 0 bridgehead atoms. The third-order valence-electron chi connectivity index (χ3n) is 3.37. The molecule has 4 rings (SSSR count). The van der Waals surface area contributed by atoms with Gasteiger partial charge in [0.25, 0.3) is 0 Å². The molecule has 0 saturated heterocycles. The SMILES string of the molecule is Cc1nc(Nc2ccc3c(c2)OCO3)c2cc(C)[nH]c2n1. The average molecular weight is 282 g/mol. The van der Waals surface area contributed by atoms with Crippen LogP contribution in [0.3, 0.4) is 0 Å². The first-order valence-electron chi connectivity index (χ1n) is 6.70. The Labute approximate surface area is 121 Å². The lowest BCUT2D eigenvalue weighted by Gasteiger charge is -2.08. The van der Waals surface area contributed by atoms with Crippen molar-refractivity contribution < 1.29 is 9.47 Å². The molecule has 0 spiro atoms. The van der Waals surface area contributed by atoms with Gasteiger partial charge in [-0.3, -0.25) is 0 Å². The van der Waals surface area contributed by atoms with Gasteiger partial charge in [-0.25, -0.2) is 9.97 Å². The normalized spacial score (nSPS) is 12.9. The summed E-state index contributed by atoms with van der Waals surface area (Å²) in [5.41, 5.74) is 2.79. The molecule has 1 aliphatic heterocycles. The highest BCUT2D eigenvalue weighted by atomic mass is 16.7. The minimum absolute atomic E-state index is 0.270. The summed E-state index contributed by atoms with van der Waals surface area (Å²) in [6.07, 6.45) is 0. The molecule has 6 nitrogen and oxygen atoms in total. The van der Waals surface area contributed by atoms with E-state index in [2.05, 4.69) is 20.3 Å². The summed E-state index contributed by atoms with van der Waals surface area (Å²) in [7, 11) is 0. The molecule has 1 aliphatic rings. The summed E-state index contributed by atoms with van der Waals surface area (Å²) in [6.45, 7) is 4.15. The van der Waals surface area contributed by atoms with Crippen LogP contribution >= 0.6 is 0 Å². The van der Waals surface area contributed by atoms with Crippen molar-refractivity contribution in [1.29, 1.82) is 0 Å². The molecule has 106 valence electrons. The number of aryl methyl sites for hydroxylation is 2. The Balaban J connectivity index is 1.77. The van der Waals surface area contributed by atoms with Gasteiger partial charge in [-0.05, 0) is 32.0 Å². The predicted molar refractivity (Wildman–Crippen MR) is 79.2 cm³/mol. The molecule has 3 aromatic rings. The van der Waals surface area contributed by atoms with E-state index in [4.69, 9.17) is 9.47 Å². The molecular weight excluding hydrogens is 268 g/mol. The maximum atomic E-state index is 5.39. The molecule has 1 aromatic carbocycles. The minimum Gasteiger partial charge on any atom is -0.454 e. The summed E-state index contributed by atoms with van der Waals surface area (Å²) in [6, 6.07) is 7.77. The summed E-state index contributed by atoms with van der Waals surface area (Å²) < 4.78 is 10.7. The van der Waals surface area contributed by atoms with Crippen LogP contribution < -0.4 is 14.8 Å². The Hall–Kier alpha value is -2.76. The molecule has 0 aliphatic carbocycles. The van der Waals surface area contributed by atoms with E-state index in [1.165, 1.54) is 0 Å². The number of nitrogens with one attached hydrogen (secondary N) is 2. The number of hydrogen-bond donors (Lipinski definition) is 2.